The van der Waals surface area contributed by atoms with E-state index in [4.69, 9.17) is 0 Å². The smallest absolute Gasteiger partial charge is 0.103 e. The first-order chi connectivity index (χ1) is 5.33. The fourth-order valence-electron chi connectivity index (χ4n) is 1.16. The molecule has 0 radical (unpaired) electrons. The van der Waals surface area contributed by atoms with Gasteiger partial charge in [0.2, 0.25) is 0 Å². The van der Waals surface area contributed by atoms with Crippen LogP contribution in [0.15, 0.2) is 6.20 Å². The molecule has 1 rings (SSSR count). The summed E-state index contributed by atoms with van der Waals surface area (Å²) in [5.41, 5.74) is 1.27. The number of H-pyrrole nitrogens is 1. The first kappa shape index (κ1) is 8.31. The van der Waals surface area contributed by atoms with Gasteiger partial charge in [0.25, 0.3) is 0 Å². The summed E-state index contributed by atoms with van der Waals surface area (Å²) in [6, 6.07) is 0. The van der Waals surface area contributed by atoms with E-state index in [0.29, 0.717) is 0 Å². The molecule has 0 spiro atoms. The lowest BCUT2D eigenvalue weighted by atomic mass is 10.2. The predicted octanol–water partition coefficient (Wildman–Crippen LogP) is 2.45. The van der Waals surface area contributed by atoms with E-state index in [-0.39, 0.29) is 0 Å². The Hall–Kier alpha value is -0.790. The third kappa shape index (κ3) is 2.74. The van der Waals surface area contributed by atoms with Gasteiger partial charge in [-0.2, -0.15) is 0 Å². The molecule has 1 heterocycles. The van der Waals surface area contributed by atoms with E-state index in [1.165, 1.54) is 25.0 Å². The highest BCUT2D eigenvalue weighted by atomic mass is 14.9. The second-order valence-electron chi connectivity index (χ2n) is 2.95. The van der Waals surface area contributed by atoms with E-state index < -0.39 is 0 Å². The van der Waals surface area contributed by atoms with Crippen molar-refractivity contribution in [1.82, 2.24) is 9.97 Å². The molecule has 0 aliphatic carbocycles. The number of hydrogen-bond acceptors (Lipinski definition) is 1. The largest absolute Gasteiger partial charge is 0.346 e. The number of aryl methyl sites for hydroxylation is 2. The van der Waals surface area contributed by atoms with E-state index in [2.05, 4.69) is 16.9 Å². The molecule has 62 valence electrons. The highest BCUT2D eigenvalue weighted by molar-refractivity contribution is 4.99. The zero-order valence-electron chi connectivity index (χ0n) is 7.35. The van der Waals surface area contributed by atoms with Crippen LogP contribution in [-0.2, 0) is 6.42 Å². The standard InChI is InChI=1S/C9H16N2/c1-3-4-5-6-9-7-10-8(2)11-9/h7H,3-6H2,1-2H3,(H,10,11). The Kier molecular flexibility index (Phi) is 3.14. The van der Waals surface area contributed by atoms with Crippen LogP contribution in [0.25, 0.3) is 0 Å². The van der Waals surface area contributed by atoms with Crippen molar-refractivity contribution in [3.8, 4) is 0 Å². The lowest BCUT2D eigenvalue weighted by Gasteiger charge is -1.94. The molecule has 0 aromatic carbocycles. The SMILES string of the molecule is CCCCCc1cnc(C)[nH]1. The second-order valence-corrected chi connectivity index (χ2v) is 2.95. The number of aromatic nitrogens is 2. The van der Waals surface area contributed by atoms with Gasteiger partial charge in [-0.05, 0) is 19.8 Å². The van der Waals surface area contributed by atoms with Gasteiger partial charge in [0.05, 0.1) is 0 Å². The van der Waals surface area contributed by atoms with Crippen molar-refractivity contribution in [2.45, 2.75) is 39.5 Å². The van der Waals surface area contributed by atoms with E-state index in [1.54, 1.807) is 0 Å². The van der Waals surface area contributed by atoms with Crippen LogP contribution < -0.4 is 0 Å². The molecule has 1 aromatic rings. The van der Waals surface area contributed by atoms with Gasteiger partial charge < -0.3 is 4.98 Å². The van der Waals surface area contributed by atoms with Crippen molar-refractivity contribution >= 4 is 0 Å². The van der Waals surface area contributed by atoms with Gasteiger partial charge in [0.1, 0.15) is 5.82 Å². The fourth-order valence-corrected chi connectivity index (χ4v) is 1.16. The summed E-state index contributed by atoms with van der Waals surface area (Å²) in [5, 5.41) is 0. The molecule has 0 aliphatic rings. The van der Waals surface area contributed by atoms with Crippen molar-refractivity contribution in [2.24, 2.45) is 0 Å². The normalized spacial score (nSPS) is 10.4. The summed E-state index contributed by atoms with van der Waals surface area (Å²) in [7, 11) is 0. The molecule has 0 atom stereocenters. The monoisotopic (exact) mass is 152 g/mol. The van der Waals surface area contributed by atoms with Crippen LogP contribution in [0.3, 0.4) is 0 Å². The van der Waals surface area contributed by atoms with Crippen LogP contribution in [0.1, 0.15) is 37.7 Å². The third-order valence-corrected chi connectivity index (χ3v) is 1.81. The Morgan fingerprint density at radius 1 is 1.45 bits per heavy atom. The Morgan fingerprint density at radius 3 is 2.82 bits per heavy atom. The molecular formula is C9H16N2. The van der Waals surface area contributed by atoms with Crippen molar-refractivity contribution in [2.75, 3.05) is 0 Å². The van der Waals surface area contributed by atoms with E-state index in [0.717, 1.165) is 12.2 Å². The van der Waals surface area contributed by atoms with Crippen molar-refractivity contribution in [3.05, 3.63) is 17.7 Å². The maximum absolute atomic E-state index is 4.14. The van der Waals surface area contributed by atoms with Gasteiger partial charge in [-0.3, -0.25) is 0 Å². The van der Waals surface area contributed by atoms with E-state index >= 15 is 0 Å². The molecule has 0 saturated carbocycles. The number of unbranched alkanes of at least 4 members (excludes halogenated alkanes) is 2. The van der Waals surface area contributed by atoms with Crippen molar-refractivity contribution in [3.63, 3.8) is 0 Å². The maximum Gasteiger partial charge on any atom is 0.103 e. The summed E-state index contributed by atoms with van der Waals surface area (Å²) in [5.74, 6) is 1.02. The summed E-state index contributed by atoms with van der Waals surface area (Å²) in [6.45, 7) is 4.21. The molecule has 0 aliphatic heterocycles. The molecule has 2 heteroatoms. The topological polar surface area (TPSA) is 28.7 Å². The van der Waals surface area contributed by atoms with E-state index in [9.17, 15) is 0 Å². The minimum Gasteiger partial charge on any atom is -0.346 e. The highest BCUT2D eigenvalue weighted by Gasteiger charge is 1.94. The van der Waals surface area contributed by atoms with E-state index in [1.807, 2.05) is 13.1 Å². The minimum absolute atomic E-state index is 1.02. The Bertz CT molecular complexity index is 203. The average molecular weight is 152 g/mol. The van der Waals surface area contributed by atoms with Crippen LogP contribution in [0.4, 0.5) is 0 Å². The molecular weight excluding hydrogens is 136 g/mol. The maximum atomic E-state index is 4.14. The van der Waals surface area contributed by atoms with Crippen LogP contribution in [0.5, 0.6) is 0 Å². The highest BCUT2D eigenvalue weighted by Crippen LogP contribution is 2.03. The van der Waals surface area contributed by atoms with Crippen LogP contribution in [0.2, 0.25) is 0 Å². The number of hydrogen-bond donors (Lipinski definition) is 1. The zero-order chi connectivity index (χ0) is 8.10. The molecule has 1 N–H and O–H groups in total. The van der Waals surface area contributed by atoms with Crippen LogP contribution in [0, 0.1) is 6.92 Å². The third-order valence-electron chi connectivity index (χ3n) is 1.81. The summed E-state index contributed by atoms with van der Waals surface area (Å²) < 4.78 is 0. The molecule has 0 unspecified atom stereocenters. The quantitative estimate of drug-likeness (QED) is 0.659. The number of nitrogens with one attached hydrogen (secondary N) is 1. The summed E-state index contributed by atoms with van der Waals surface area (Å²) >= 11 is 0. The second kappa shape index (κ2) is 4.16. The van der Waals surface area contributed by atoms with Crippen LogP contribution in [-0.4, -0.2) is 9.97 Å². The van der Waals surface area contributed by atoms with Gasteiger partial charge >= 0.3 is 0 Å². The first-order valence-electron chi connectivity index (χ1n) is 4.33. The molecule has 0 amide bonds. The van der Waals surface area contributed by atoms with Crippen molar-refractivity contribution in [1.29, 1.82) is 0 Å². The molecule has 11 heavy (non-hydrogen) atoms. The van der Waals surface area contributed by atoms with Crippen LogP contribution >= 0.6 is 0 Å². The van der Waals surface area contributed by atoms with Crippen molar-refractivity contribution < 1.29 is 0 Å². The number of imidazole rings is 1. The Balaban J connectivity index is 2.27. The number of rotatable bonds is 4. The Labute approximate surface area is 68.0 Å². The van der Waals surface area contributed by atoms with Gasteiger partial charge in [-0.25, -0.2) is 4.98 Å². The fraction of sp³-hybridized carbons (Fsp3) is 0.667. The lowest BCUT2D eigenvalue weighted by Crippen LogP contribution is -1.84. The number of nitrogens with zero attached hydrogens (tertiary/aromatic N) is 1. The van der Waals surface area contributed by atoms with Gasteiger partial charge in [0.15, 0.2) is 0 Å². The molecule has 0 bridgehead atoms. The predicted molar refractivity (Wildman–Crippen MR) is 46.6 cm³/mol. The Morgan fingerprint density at radius 2 is 2.27 bits per heavy atom. The lowest BCUT2D eigenvalue weighted by molar-refractivity contribution is 0.709. The molecule has 0 fully saturated rings. The summed E-state index contributed by atoms with van der Waals surface area (Å²) in [6.07, 6.45) is 6.96. The first-order valence-corrected chi connectivity index (χ1v) is 4.33. The molecule has 1 aromatic heterocycles. The zero-order valence-corrected chi connectivity index (χ0v) is 7.35. The molecule has 2 nitrogen and oxygen atoms in total. The molecule has 0 saturated heterocycles. The minimum atomic E-state index is 1.02. The summed E-state index contributed by atoms with van der Waals surface area (Å²) in [4.78, 5) is 7.36. The average Bonchev–Trinajstić information content (AvgIpc) is 2.37. The number of aromatic amines is 1. The van der Waals surface area contributed by atoms with Gasteiger partial charge in [-0.1, -0.05) is 19.8 Å². The van der Waals surface area contributed by atoms with Gasteiger partial charge in [-0.15, -0.1) is 0 Å². The van der Waals surface area contributed by atoms with Gasteiger partial charge in [0, 0.05) is 11.9 Å².